The maximum Gasteiger partial charge on any atom is 0.391 e. The minimum absolute atomic E-state index is 0.0103. The van der Waals surface area contributed by atoms with Gasteiger partial charge in [0.15, 0.2) is 0 Å². The number of nitrogens with one attached hydrogen (secondary N) is 1. The van der Waals surface area contributed by atoms with Crippen molar-refractivity contribution >= 4 is 11.6 Å². The standard InChI is InChI=1S/C20H28F3N3O/c1-15-4-2-7-18(12-15)26-10-8-25(9-11-26)14-19(27)24-17-6-3-5-16(13-17)20(21,22)23/h2,4,7,12,16-17H,3,5-6,8-11,13-14H2,1H3,(H,24,27). The predicted molar refractivity (Wildman–Crippen MR) is 99.8 cm³/mol. The first kappa shape index (κ1) is 20.0. The van der Waals surface area contributed by atoms with Gasteiger partial charge in [-0.3, -0.25) is 9.69 Å². The molecule has 1 aliphatic heterocycles. The Hall–Kier alpha value is -1.76. The van der Waals surface area contributed by atoms with E-state index >= 15 is 0 Å². The van der Waals surface area contributed by atoms with E-state index in [1.165, 1.54) is 11.3 Å². The van der Waals surface area contributed by atoms with Crippen LogP contribution < -0.4 is 10.2 Å². The largest absolute Gasteiger partial charge is 0.391 e. The Morgan fingerprint density at radius 1 is 1.19 bits per heavy atom. The number of amides is 1. The zero-order valence-electron chi connectivity index (χ0n) is 15.8. The van der Waals surface area contributed by atoms with Gasteiger partial charge in [0.25, 0.3) is 0 Å². The van der Waals surface area contributed by atoms with E-state index in [0.717, 1.165) is 26.2 Å². The maximum atomic E-state index is 12.9. The van der Waals surface area contributed by atoms with E-state index in [1.807, 2.05) is 6.07 Å². The average Bonchev–Trinajstić information content (AvgIpc) is 2.62. The van der Waals surface area contributed by atoms with Crippen LogP contribution in [0.15, 0.2) is 24.3 Å². The molecule has 0 radical (unpaired) electrons. The van der Waals surface area contributed by atoms with Gasteiger partial charge in [0.1, 0.15) is 0 Å². The molecule has 1 heterocycles. The number of piperazine rings is 1. The van der Waals surface area contributed by atoms with Gasteiger partial charge in [0.05, 0.1) is 12.5 Å². The summed E-state index contributed by atoms with van der Waals surface area (Å²) >= 11 is 0. The van der Waals surface area contributed by atoms with Crippen molar-refractivity contribution < 1.29 is 18.0 Å². The Labute approximate surface area is 158 Å². The van der Waals surface area contributed by atoms with Gasteiger partial charge in [0, 0.05) is 37.9 Å². The fourth-order valence-corrected chi connectivity index (χ4v) is 4.08. The molecule has 3 rings (SSSR count). The first-order chi connectivity index (χ1) is 12.8. The van der Waals surface area contributed by atoms with Crippen LogP contribution in [0.1, 0.15) is 31.2 Å². The van der Waals surface area contributed by atoms with Crippen LogP contribution in [0.5, 0.6) is 0 Å². The topological polar surface area (TPSA) is 35.6 Å². The molecule has 2 atom stereocenters. The highest BCUT2D eigenvalue weighted by Crippen LogP contribution is 2.37. The Kier molecular flexibility index (Phi) is 6.29. The highest BCUT2D eigenvalue weighted by Gasteiger charge is 2.42. The van der Waals surface area contributed by atoms with Crippen molar-refractivity contribution in [1.29, 1.82) is 0 Å². The molecule has 0 aromatic heterocycles. The summed E-state index contributed by atoms with van der Waals surface area (Å²) in [5.41, 5.74) is 2.42. The van der Waals surface area contributed by atoms with E-state index in [-0.39, 0.29) is 31.3 Å². The second kappa shape index (κ2) is 8.50. The molecule has 1 saturated carbocycles. The lowest BCUT2D eigenvalue weighted by Crippen LogP contribution is -2.51. The first-order valence-electron chi connectivity index (χ1n) is 9.71. The molecule has 2 fully saturated rings. The van der Waals surface area contributed by atoms with E-state index in [2.05, 4.69) is 40.2 Å². The molecule has 0 bridgehead atoms. The van der Waals surface area contributed by atoms with Gasteiger partial charge in [0.2, 0.25) is 5.91 Å². The minimum atomic E-state index is -4.16. The van der Waals surface area contributed by atoms with Crippen molar-refractivity contribution in [2.24, 2.45) is 5.92 Å². The number of hydrogen-bond donors (Lipinski definition) is 1. The molecule has 150 valence electrons. The number of carbonyl (C=O) groups is 1. The molecule has 2 unspecified atom stereocenters. The Morgan fingerprint density at radius 2 is 1.93 bits per heavy atom. The molecular weight excluding hydrogens is 355 g/mol. The van der Waals surface area contributed by atoms with Crippen molar-refractivity contribution in [2.75, 3.05) is 37.6 Å². The molecule has 27 heavy (non-hydrogen) atoms. The molecule has 0 spiro atoms. The molecule has 1 aliphatic carbocycles. The van der Waals surface area contributed by atoms with E-state index < -0.39 is 12.1 Å². The van der Waals surface area contributed by atoms with Crippen LogP contribution in [0.2, 0.25) is 0 Å². The van der Waals surface area contributed by atoms with Crippen LogP contribution in [0.3, 0.4) is 0 Å². The van der Waals surface area contributed by atoms with Gasteiger partial charge < -0.3 is 10.2 Å². The Morgan fingerprint density at radius 3 is 2.59 bits per heavy atom. The van der Waals surface area contributed by atoms with Crippen LogP contribution in [0.25, 0.3) is 0 Å². The van der Waals surface area contributed by atoms with Gasteiger partial charge in [-0.25, -0.2) is 0 Å². The lowest BCUT2D eigenvalue weighted by atomic mass is 9.85. The van der Waals surface area contributed by atoms with Crippen molar-refractivity contribution in [3.8, 4) is 0 Å². The lowest BCUT2D eigenvalue weighted by molar-refractivity contribution is -0.184. The fourth-order valence-electron chi connectivity index (χ4n) is 4.08. The van der Waals surface area contributed by atoms with Gasteiger partial charge in [-0.15, -0.1) is 0 Å². The smallest absolute Gasteiger partial charge is 0.369 e. The maximum absolute atomic E-state index is 12.9. The summed E-state index contributed by atoms with van der Waals surface area (Å²) in [4.78, 5) is 16.7. The van der Waals surface area contributed by atoms with Crippen LogP contribution >= 0.6 is 0 Å². The first-order valence-corrected chi connectivity index (χ1v) is 9.71. The van der Waals surface area contributed by atoms with Crippen LogP contribution in [-0.2, 0) is 4.79 Å². The van der Waals surface area contributed by atoms with Crippen molar-refractivity contribution in [3.05, 3.63) is 29.8 Å². The molecule has 1 N–H and O–H groups in total. The summed E-state index contributed by atoms with van der Waals surface area (Å²) in [7, 11) is 0. The fraction of sp³-hybridized carbons (Fsp3) is 0.650. The normalized spacial score (nSPS) is 24.7. The number of nitrogens with zero attached hydrogens (tertiary/aromatic N) is 2. The second-order valence-corrected chi connectivity index (χ2v) is 7.77. The number of halogens is 3. The minimum Gasteiger partial charge on any atom is -0.369 e. The summed E-state index contributed by atoms with van der Waals surface area (Å²) < 4.78 is 38.7. The monoisotopic (exact) mass is 383 g/mol. The molecule has 1 aromatic rings. The number of aryl methyl sites for hydroxylation is 1. The molecule has 1 saturated heterocycles. The van der Waals surface area contributed by atoms with Crippen LogP contribution in [0, 0.1) is 12.8 Å². The van der Waals surface area contributed by atoms with Gasteiger partial charge in [-0.05, 0) is 43.9 Å². The summed E-state index contributed by atoms with van der Waals surface area (Å²) in [6.45, 7) is 5.56. The molecule has 1 aromatic carbocycles. The van der Waals surface area contributed by atoms with E-state index in [9.17, 15) is 18.0 Å². The summed E-state index contributed by atoms with van der Waals surface area (Å²) in [6.07, 6.45) is -2.81. The van der Waals surface area contributed by atoms with Crippen molar-refractivity contribution in [3.63, 3.8) is 0 Å². The molecule has 4 nitrogen and oxygen atoms in total. The number of anilines is 1. The highest BCUT2D eigenvalue weighted by atomic mass is 19.4. The average molecular weight is 383 g/mol. The number of rotatable bonds is 4. The number of alkyl halides is 3. The van der Waals surface area contributed by atoms with Gasteiger partial charge >= 0.3 is 6.18 Å². The molecule has 1 amide bonds. The zero-order chi connectivity index (χ0) is 19.4. The predicted octanol–water partition coefficient (Wildman–Crippen LogP) is 3.35. The third kappa shape index (κ3) is 5.61. The number of carbonyl (C=O) groups excluding carboxylic acids is 1. The third-order valence-corrected chi connectivity index (χ3v) is 5.61. The van der Waals surface area contributed by atoms with Crippen LogP contribution in [-0.4, -0.2) is 55.7 Å². The number of hydrogen-bond acceptors (Lipinski definition) is 3. The van der Waals surface area contributed by atoms with Crippen LogP contribution in [0.4, 0.5) is 18.9 Å². The summed E-state index contributed by atoms with van der Waals surface area (Å²) in [5.74, 6) is -1.44. The van der Waals surface area contributed by atoms with Crippen molar-refractivity contribution in [1.82, 2.24) is 10.2 Å². The molecule has 2 aliphatic rings. The highest BCUT2D eigenvalue weighted by molar-refractivity contribution is 5.78. The third-order valence-electron chi connectivity index (χ3n) is 5.61. The lowest BCUT2D eigenvalue weighted by Gasteiger charge is -2.36. The molecule has 7 heteroatoms. The van der Waals surface area contributed by atoms with E-state index in [0.29, 0.717) is 12.8 Å². The molecular formula is C20H28F3N3O. The van der Waals surface area contributed by atoms with Gasteiger partial charge in [-0.2, -0.15) is 13.2 Å². The Bertz CT molecular complexity index is 642. The summed E-state index contributed by atoms with van der Waals surface area (Å²) in [6, 6.07) is 8.01. The van der Waals surface area contributed by atoms with Crippen molar-refractivity contribution in [2.45, 2.75) is 44.8 Å². The quantitative estimate of drug-likeness (QED) is 0.866. The Balaban J connectivity index is 1.43. The van der Waals surface area contributed by atoms with Gasteiger partial charge in [-0.1, -0.05) is 18.6 Å². The zero-order valence-corrected chi connectivity index (χ0v) is 15.8. The van der Waals surface area contributed by atoms with E-state index in [1.54, 1.807) is 0 Å². The van der Waals surface area contributed by atoms with E-state index in [4.69, 9.17) is 0 Å². The number of benzene rings is 1. The second-order valence-electron chi connectivity index (χ2n) is 7.77. The summed E-state index contributed by atoms with van der Waals surface area (Å²) in [5, 5.41) is 2.82. The SMILES string of the molecule is Cc1cccc(N2CCN(CC(=O)NC3CCCC(C(F)(F)F)C3)CC2)c1.